The highest BCUT2D eigenvalue weighted by molar-refractivity contribution is 5.76. The predicted octanol–water partition coefficient (Wildman–Crippen LogP) is 1.02. The van der Waals surface area contributed by atoms with Gasteiger partial charge in [-0.1, -0.05) is 0 Å². The molecule has 3 aromatic rings. The minimum absolute atomic E-state index is 0.245. The standard InChI is InChI=1S/C15H16N4O4/c1-4-23-9-6-5-8(7-10(9)22-3)12-16-11-13(17-12)19(2)15(21)18-14(11)20/h5-7H,4H2,1-3H3,(H,16,17)(H,18,20,21). The van der Waals surface area contributed by atoms with E-state index >= 15 is 0 Å². The molecule has 120 valence electrons. The van der Waals surface area contributed by atoms with Crippen molar-refractivity contribution < 1.29 is 9.47 Å². The molecule has 2 N–H and O–H groups in total. The fraction of sp³-hybridized carbons (Fsp3) is 0.267. The summed E-state index contributed by atoms with van der Waals surface area (Å²) in [5.74, 6) is 1.65. The van der Waals surface area contributed by atoms with Crippen molar-refractivity contribution in [2.45, 2.75) is 6.92 Å². The first kappa shape index (κ1) is 14.9. The molecule has 0 amide bonds. The van der Waals surface area contributed by atoms with E-state index in [1.165, 1.54) is 4.57 Å². The van der Waals surface area contributed by atoms with Crippen LogP contribution in [0.3, 0.4) is 0 Å². The van der Waals surface area contributed by atoms with Crippen LogP contribution in [0.2, 0.25) is 0 Å². The molecule has 0 saturated heterocycles. The van der Waals surface area contributed by atoms with E-state index in [1.54, 1.807) is 32.4 Å². The second-order valence-electron chi connectivity index (χ2n) is 4.90. The third-order valence-corrected chi connectivity index (χ3v) is 3.49. The van der Waals surface area contributed by atoms with E-state index < -0.39 is 11.2 Å². The van der Waals surface area contributed by atoms with Crippen molar-refractivity contribution in [3.05, 3.63) is 39.0 Å². The Kier molecular flexibility index (Phi) is 3.65. The Morgan fingerprint density at radius 3 is 2.70 bits per heavy atom. The molecule has 0 aliphatic rings. The monoisotopic (exact) mass is 316 g/mol. The van der Waals surface area contributed by atoms with E-state index in [-0.39, 0.29) is 5.52 Å². The summed E-state index contributed by atoms with van der Waals surface area (Å²) in [7, 11) is 3.10. The number of imidazole rings is 1. The number of aromatic nitrogens is 4. The van der Waals surface area contributed by atoms with Crippen LogP contribution in [-0.4, -0.2) is 33.2 Å². The number of benzene rings is 1. The number of H-pyrrole nitrogens is 2. The van der Waals surface area contributed by atoms with Crippen LogP contribution in [-0.2, 0) is 7.05 Å². The van der Waals surface area contributed by atoms with Crippen LogP contribution in [0.25, 0.3) is 22.6 Å². The van der Waals surface area contributed by atoms with Gasteiger partial charge in [-0.05, 0) is 25.1 Å². The summed E-state index contributed by atoms with van der Waals surface area (Å²) in [6, 6.07) is 5.33. The van der Waals surface area contributed by atoms with Crippen molar-refractivity contribution in [3.8, 4) is 22.9 Å². The van der Waals surface area contributed by atoms with Gasteiger partial charge in [-0.25, -0.2) is 9.78 Å². The second kappa shape index (κ2) is 5.64. The summed E-state index contributed by atoms with van der Waals surface area (Å²) in [6.45, 7) is 2.41. The number of hydrogen-bond acceptors (Lipinski definition) is 5. The van der Waals surface area contributed by atoms with Crippen LogP contribution < -0.4 is 20.7 Å². The molecule has 0 unspecified atom stereocenters. The van der Waals surface area contributed by atoms with Crippen LogP contribution in [0.15, 0.2) is 27.8 Å². The molecule has 23 heavy (non-hydrogen) atoms. The third-order valence-electron chi connectivity index (χ3n) is 3.49. The molecule has 0 spiro atoms. The molecule has 0 radical (unpaired) electrons. The van der Waals surface area contributed by atoms with Gasteiger partial charge in [0.15, 0.2) is 17.1 Å². The van der Waals surface area contributed by atoms with Crippen LogP contribution in [0.4, 0.5) is 0 Å². The van der Waals surface area contributed by atoms with Crippen LogP contribution in [0.5, 0.6) is 11.5 Å². The molecule has 0 saturated carbocycles. The fourth-order valence-corrected chi connectivity index (χ4v) is 2.33. The SMILES string of the molecule is CCOc1ccc(-c2nc3c([nH]2)c(=O)[nH]c(=O)n3C)cc1OC. The second-order valence-corrected chi connectivity index (χ2v) is 4.90. The van der Waals surface area contributed by atoms with Crippen molar-refractivity contribution in [3.63, 3.8) is 0 Å². The Bertz CT molecular complexity index is 983. The van der Waals surface area contributed by atoms with Gasteiger partial charge in [0.1, 0.15) is 11.3 Å². The number of aryl methyl sites for hydroxylation is 1. The molecule has 1 aromatic carbocycles. The first-order valence-electron chi connectivity index (χ1n) is 7.05. The molecule has 0 atom stereocenters. The number of aromatic amines is 2. The lowest BCUT2D eigenvalue weighted by Gasteiger charge is -2.09. The number of nitrogens with one attached hydrogen (secondary N) is 2. The van der Waals surface area contributed by atoms with Crippen molar-refractivity contribution >= 4 is 11.2 Å². The molecule has 0 bridgehead atoms. The van der Waals surface area contributed by atoms with Crippen molar-refractivity contribution in [2.24, 2.45) is 7.05 Å². The van der Waals surface area contributed by atoms with Crippen LogP contribution >= 0.6 is 0 Å². The fourth-order valence-electron chi connectivity index (χ4n) is 2.33. The molecule has 0 aliphatic carbocycles. The van der Waals surface area contributed by atoms with E-state index in [1.807, 2.05) is 6.92 Å². The van der Waals surface area contributed by atoms with Crippen LogP contribution in [0, 0.1) is 0 Å². The Labute approximate surface area is 130 Å². The number of hydrogen-bond donors (Lipinski definition) is 2. The zero-order valence-corrected chi connectivity index (χ0v) is 13.0. The van der Waals surface area contributed by atoms with E-state index in [9.17, 15) is 9.59 Å². The zero-order chi connectivity index (χ0) is 16.6. The number of methoxy groups -OCH3 is 1. The Hall–Kier alpha value is -3.03. The number of fused-ring (bicyclic) bond motifs is 1. The molecule has 0 aliphatic heterocycles. The minimum Gasteiger partial charge on any atom is -0.493 e. The van der Waals surface area contributed by atoms with Crippen LogP contribution in [0.1, 0.15) is 6.92 Å². The van der Waals surface area contributed by atoms with Crippen molar-refractivity contribution in [2.75, 3.05) is 13.7 Å². The van der Waals surface area contributed by atoms with Gasteiger partial charge in [0.05, 0.1) is 13.7 Å². The normalized spacial score (nSPS) is 10.9. The highest BCUT2D eigenvalue weighted by atomic mass is 16.5. The Morgan fingerprint density at radius 1 is 1.22 bits per heavy atom. The highest BCUT2D eigenvalue weighted by Crippen LogP contribution is 2.31. The minimum atomic E-state index is -0.509. The van der Waals surface area contributed by atoms with Crippen molar-refractivity contribution in [1.82, 2.24) is 19.5 Å². The summed E-state index contributed by atoms with van der Waals surface area (Å²) in [5.41, 5.74) is 0.245. The van der Waals surface area contributed by atoms with Gasteiger partial charge >= 0.3 is 5.69 Å². The average Bonchev–Trinajstić information content (AvgIpc) is 2.99. The largest absolute Gasteiger partial charge is 0.493 e. The van der Waals surface area contributed by atoms with Gasteiger partial charge in [-0.2, -0.15) is 0 Å². The first-order chi connectivity index (χ1) is 11.0. The van der Waals surface area contributed by atoms with Gasteiger partial charge < -0.3 is 14.5 Å². The van der Waals surface area contributed by atoms with E-state index in [0.29, 0.717) is 35.1 Å². The zero-order valence-electron chi connectivity index (χ0n) is 13.0. The van der Waals surface area contributed by atoms with Gasteiger partial charge in [-0.15, -0.1) is 0 Å². The molecule has 2 heterocycles. The van der Waals surface area contributed by atoms with Gasteiger partial charge in [0.2, 0.25) is 0 Å². The smallest absolute Gasteiger partial charge is 0.329 e. The topological polar surface area (TPSA) is 102 Å². The summed E-state index contributed by atoms with van der Waals surface area (Å²) in [4.78, 5) is 33.0. The molecule has 2 aromatic heterocycles. The van der Waals surface area contributed by atoms with E-state index in [0.717, 1.165) is 0 Å². The first-order valence-corrected chi connectivity index (χ1v) is 7.05. The number of ether oxygens (including phenoxy) is 2. The quantitative estimate of drug-likeness (QED) is 0.748. The van der Waals surface area contributed by atoms with Gasteiger partial charge in [-0.3, -0.25) is 14.3 Å². The predicted molar refractivity (Wildman–Crippen MR) is 85.1 cm³/mol. The number of rotatable bonds is 4. The molecule has 0 fully saturated rings. The Morgan fingerprint density at radius 2 is 2.00 bits per heavy atom. The summed E-state index contributed by atoms with van der Waals surface area (Å²) >= 11 is 0. The molecule has 8 heteroatoms. The van der Waals surface area contributed by atoms with Gasteiger partial charge in [0.25, 0.3) is 5.56 Å². The van der Waals surface area contributed by atoms with E-state index in [4.69, 9.17) is 9.47 Å². The summed E-state index contributed by atoms with van der Waals surface area (Å²) in [5, 5.41) is 0. The molecular weight excluding hydrogens is 300 g/mol. The average molecular weight is 316 g/mol. The summed E-state index contributed by atoms with van der Waals surface area (Å²) in [6.07, 6.45) is 0. The number of nitrogens with zero attached hydrogens (tertiary/aromatic N) is 2. The lowest BCUT2D eigenvalue weighted by atomic mass is 10.2. The lowest BCUT2D eigenvalue weighted by molar-refractivity contribution is 0.311. The highest BCUT2D eigenvalue weighted by Gasteiger charge is 2.14. The third kappa shape index (κ3) is 2.48. The maximum absolute atomic E-state index is 11.9. The summed E-state index contributed by atoms with van der Waals surface area (Å²) < 4.78 is 12.1. The lowest BCUT2D eigenvalue weighted by Crippen LogP contribution is -2.28. The Balaban J connectivity index is 2.17. The maximum Gasteiger partial charge on any atom is 0.329 e. The van der Waals surface area contributed by atoms with E-state index in [2.05, 4.69) is 15.0 Å². The van der Waals surface area contributed by atoms with Gasteiger partial charge in [0, 0.05) is 12.6 Å². The molecule has 8 nitrogen and oxygen atoms in total. The molecule has 3 rings (SSSR count). The van der Waals surface area contributed by atoms with Crippen molar-refractivity contribution in [1.29, 1.82) is 0 Å². The molecular formula is C15H16N4O4. The maximum atomic E-state index is 11.9.